The van der Waals surface area contributed by atoms with Gasteiger partial charge in [0.15, 0.2) is 0 Å². The molecule has 4 heterocycles. The van der Waals surface area contributed by atoms with Gasteiger partial charge in [-0.1, -0.05) is 0 Å². The van der Waals surface area contributed by atoms with Gasteiger partial charge in [0.1, 0.15) is 18.0 Å². The summed E-state index contributed by atoms with van der Waals surface area (Å²) in [6.45, 7) is 9.82. The molecule has 1 aromatic heterocycles. The molecule has 1 aromatic rings. The average Bonchev–Trinajstić information content (AvgIpc) is 2.70. The second-order valence-corrected chi connectivity index (χ2v) is 7.63. The number of piperazine rings is 1. The number of piperidine rings is 1. The Morgan fingerprint density at radius 1 is 0.840 bits per heavy atom. The first-order valence-corrected chi connectivity index (χ1v) is 10.0. The van der Waals surface area contributed by atoms with Gasteiger partial charge in [0.2, 0.25) is 0 Å². The lowest BCUT2D eigenvalue weighted by Crippen LogP contribution is -2.48. The van der Waals surface area contributed by atoms with E-state index in [9.17, 15) is 0 Å². The number of anilines is 2. The van der Waals surface area contributed by atoms with Crippen LogP contribution in [0.2, 0.25) is 0 Å². The zero-order valence-electron chi connectivity index (χ0n) is 15.3. The van der Waals surface area contributed by atoms with Gasteiger partial charge in [-0.05, 0) is 38.0 Å². The predicted octanol–water partition coefficient (Wildman–Crippen LogP) is 2.02. The molecule has 0 unspecified atom stereocenters. The van der Waals surface area contributed by atoms with Crippen LogP contribution in [0.1, 0.15) is 32.1 Å². The summed E-state index contributed by atoms with van der Waals surface area (Å²) in [5.41, 5.74) is 0. The van der Waals surface area contributed by atoms with Gasteiger partial charge in [0.05, 0.1) is 0 Å². The molecule has 0 spiro atoms. The van der Waals surface area contributed by atoms with Crippen LogP contribution in [0.25, 0.3) is 0 Å². The highest BCUT2D eigenvalue weighted by Crippen LogP contribution is 2.23. The SMILES string of the molecule is c1nc(N2CCCCC2)cc(N2CCN(CC3CCOCC3)CC2)n1. The van der Waals surface area contributed by atoms with Crippen LogP contribution >= 0.6 is 0 Å². The van der Waals surface area contributed by atoms with Gasteiger partial charge >= 0.3 is 0 Å². The molecule has 25 heavy (non-hydrogen) atoms. The van der Waals surface area contributed by atoms with Crippen LogP contribution < -0.4 is 9.80 Å². The molecule has 3 aliphatic rings. The second kappa shape index (κ2) is 8.32. The molecule has 3 aliphatic heterocycles. The van der Waals surface area contributed by atoms with Gasteiger partial charge in [-0.25, -0.2) is 9.97 Å². The Balaban J connectivity index is 1.31. The van der Waals surface area contributed by atoms with E-state index in [4.69, 9.17) is 4.74 Å². The molecule has 138 valence electrons. The van der Waals surface area contributed by atoms with E-state index in [1.165, 1.54) is 38.6 Å². The third-order valence-corrected chi connectivity index (χ3v) is 5.87. The van der Waals surface area contributed by atoms with Crippen molar-refractivity contribution < 1.29 is 4.74 Å². The topological polar surface area (TPSA) is 44.7 Å². The van der Waals surface area contributed by atoms with E-state index < -0.39 is 0 Å². The van der Waals surface area contributed by atoms with Crippen LogP contribution in [-0.2, 0) is 4.74 Å². The fourth-order valence-electron chi connectivity index (χ4n) is 4.26. The fourth-order valence-corrected chi connectivity index (χ4v) is 4.26. The van der Waals surface area contributed by atoms with Crippen molar-refractivity contribution in [3.05, 3.63) is 12.4 Å². The number of aromatic nitrogens is 2. The van der Waals surface area contributed by atoms with Crippen LogP contribution in [0, 0.1) is 5.92 Å². The molecule has 0 radical (unpaired) electrons. The molecule has 6 nitrogen and oxygen atoms in total. The Hall–Kier alpha value is -1.40. The lowest BCUT2D eigenvalue weighted by Gasteiger charge is -2.38. The highest BCUT2D eigenvalue weighted by atomic mass is 16.5. The number of ether oxygens (including phenoxy) is 1. The van der Waals surface area contributed by atoms with Crippen molar-refractivity contribution in [2.75, 3.05) is 68.8 Å². The number of hydrogen-bond donors (Lipinski definition) is 0. The zero-order chi connectivity index (χ0) is 16.9. The molecule has 0 saturated carbocycles. The molecule has 0 amide bonds. The van der Waals surface area contributed by atoms with Crippen molar-refractivity contribution in [2.45, 2.75) is 32.1 Å². The van der Waals surface area contributed by atoms with Gasteiger partial charge in [-0.15, -0.1) is 0 Å². The summed E-state index contributed by atoms with van der Waals surface area (Å²) in [6, 6.07) is 2.19. The maximum atomic E-state index is 5.48. The molecule has 3 fully saturated rings. The zero-order valence-corrected chi connectivity index (χ0v) is 15.3. The molecule has 0 aliphatic carbocycles. The minimum atomic E-state index is 0.824. The van der Waals surface area contributed by atoms with Gasteiger partial charge in [0, 0.05) is 65.1 Å². The van der Waals surface area contributed by atoms with E-state index >= 15 is 0 Å². The molecule has 0 aromatic carbocycles. The molecule has 0 N–H and O–H groups in total. The number of rotatable bonds is 4. The highest BCUT2D eigenvalue weighted by molar-refractivity contribution is 5.50. The van der Waals surface area contributed by atoms with Crippen molar-refractivity contribution in [1.82, 2.24) is 14.9 Å². The van der Waals surface area contributed by atoms with Gasteiger partial charge in [-0.3, -0.25) is 4.90 Å². The summed E-state index contributed by atoms with van der Waals surface area (Å²) in [7, 11) is 0. The van der Waals surface area contributed by atoms with Gasteiger partial charge < -0.3 is 14.5 Å². The first-order valence-electron chi connectivity index (χ1n) is 10.0. The molecule has 4 rings (SSSR count). The molecule has 0 bridgehead atoms. The molecular formula is C19H31N5O. The van der Waals surface area contributed by atoms with Crippen LogP contribution in [0.4, 0.5) is 11.6 Å². The maximum absolute atomic E-state index is 5.48. The number of nitrogens with zero attached hydrogens (tertiary/aromatic N) is 5. The quantitative estimate of drug-likeness (QED) is 0.832. The Kier molecular flexibility index (Phi) is 5.67. The monoisotopic (exact) mass is 345 g/mol. The van der Waals surface area contributed by atoms with E-state index in [1.807, 2.05) is 0 Å². The van der Waals surface area contributed by atoms with Crippen molar-refractivity contribution in [3.8, 4) is 0 Å². The first kappa shape index (κ1) is 17.0. The van der Waals surface area contributed by atoms with Crippen molar-refractivity contribution in [2.24, 2.45) is 5.92 Å². The molecule has 0 atom stereocenters. The second-order valence-electron chi connectivity index (χ2n) is 7.63. The van der Waals surface area contributed by atoms with E-state index in [1.54, 1.807) is 6.33 Å². The lowest BCUT2D eigenvalue weighted by atomic mass is 9.99. The Morgan fingerprint density at radius 2 is 1.48 bits per heavy atom. The first-order chi connectivity index (χ1) is 12.4. The van der Waals surface area contributed by atoms with Crippen molar-refractivity contribution in [1.29, 1.82) is 0 Å². The van der Waals surface area contributed by atoms with E-state index in [0.29, 0.717) is 0 Å². The predicted molar refractivity (Wildman–Crippen MR) is 100 cm³/mol. The van der Waals surface area contributed by atoms with Crippen LogP contribution in [0.5, 0.6) is 0 Å². The van der Waals surface area contributed by atoms with Crippen molar-refractivity contribution in [3.63, 3.8) is 0 Å². The molecule has 3 saturated heterocycles. The summed E-state index contributed by atoms with van der Waals surface area (Å²) < 4.78 is 5.48. The van der Waals surface area contributed by atoms with Gasteiger partial charge in [0.25, 0.3) is 0 Å². The third-order valence-electron chi connectivity index (χ3n) is 5.87. The Bertz CT molecular complexity index is 534. The molecular weight excluding hydrogens is 314 g/mol. The van der Waals surface area contributed by atoms with Crippen molar-refractivity contribution >= 4 is 11.6 Å². The average molecular weight is 345 g/mol. The summed E-state index contributed by atoms with van der Waals surface area (Å²) in [5.74, 6) is 3.03. The Labute approximate surface area is 151 Å². The highest BCUT2D eigenvalue weighted by Gasteiger charge is 2.23. The smallest absolute Gasteiger partial charge is 0.134 e. The number of hydrogen-bond acceptors (Lipinski definition) is 6. The standard InChI is InChI=1S/C19H31N5O/c1-2-6-23(7-3-1)18-14-19(21-16-20-18)24-10-8-22(9-11-24)15-17-4-12-25-13-5-17/h14,16-17H,1-13,15H2. The minimum Gasteiger partial charge on any atom is -0.381 e. The van der Waals surface area contributed by atoms with E-state index in [0.717, 1.165) is 70.0 Å². The normalized spacial score (nSPS) is 23.8. The van der Waals surface area contributed by atoms with Crippen LogP contribution in [-0.4, -0.2) is 73.9 Å². The van der Waals surface area contributed by atoms with Crippen LogP contribution in [0.15, 0.2) is 12.4 Å². The molecule has 6 heteroatoms. The summed E-state index contributed by atoms with van der Waals surface area (Å²) >= 11 is 0. The lowest BCUT2D eigenvalue weighted by molar-refractivity contribution is 0.0517. The summed E-state index contributed by atoms with van der Waals surface area (Å²) in [5, 5.41) is 0. The Morgan fingerprint density at radius 3 is 2.16 bits per heavy atom. The van der Waals surface area contributed by atoms with Crippen LogP contribution in [0.3, 0.4) is 0 Å². The maximum Gasteiger partial charge on any atom is 0.134 e. The summed E-state index contributed by atoms with van der Waals surface area (Å²) in [4.78, 5) is 16.5. The third kappa shape index (κ3) is 4.42. The van der Waals surface area contributed by atoms with E-state index in [2.05, 4.69) is 30.7 Å². The van der Waals surface area contributed by atoms with Gasteiger partial charge in [-0.2, -0.15) is 0 Å². The fraction of sp³-hybridized carbons (Fsp3) is 0.789. The summed E-state index contributed by atoms with van der Waals surface area (Å²) in [6.07, 6.45) is 8.11. The largest absolute Gasteiger partial charge is 0.381 e. The minimum absolute atomic E-state index is 0.824. The van der Waals surface area contributed by atoms with E-state index in [-0.39, 0.29) is 0 Å².